The first-order chi connectivity index (χ1) is 15.9. The monoisotopic (exact) mass is 471 g/mol. The molecule has 5 rings (SSSR count). The number of carbonyl (C=O) groups is 1. The predicted octanol–water partition coefficient (Wildman–Crippen LogP) is 5.89. The molecule has 1 spiro atoms. The molecule has 2 unspecified atom stereocenters. The van der Waals surface area contributed by atoms with Crippen LogP contribution in [-0.4, -0.2) is 28.5 Å². The molecule has 0 radical (unpaired) electrons. The van der Waals surface area contributed by atoms with Crippen LogP contribution in [0.5, 0.6) is 0 Å². The fourth-order valence-electron chi connectivity index (χ4n) is 4.85. The molecule has 0 aromatic heterocycles. The van der Waals surface area contributed by atoms with E-state index in [-0.39, 0.29) is 22.6 Å². The highest BCUT2D eigenvalue weighted by molar-refractivity contribution is 8.14. The van der Waals surface area contributed by atoms with Gasteiger partial charge in [-0.2, -0.15) is 5.10 Å². The predicted molar refractivity (Wildman–Crippen MR) is 130 cm³/mol. The highest BCUT2D eigenvalue weighted by Crippen LogP contribution is 2.52. The molecule has 7 heteroatoms. The minimum Gasteiger partial charge on any atom is -0.306 e. The Labute approximate surface area is 198 Å². The van der Waals surface area contributed by atoms with Gasteiger partial charge in [-0.15, -0.1) is 0 Å². The molecule has 2 aromatic rings. The Morgan fingerprint density at radius 3 is 2.73 bits per heavy atom. The van der Waals surface area contributed by atoms with E-state index in [1.807, 2.05) is 11.9 Å². The summed E-state index contributed by atoms with van der Waals surface area (Å²) >= 11 is 1.76. The van der Waals surface area contributed by atoms with Gasteiger partial charge in [-0.25, -0.2) is 13.8 Å². The normalized spacial score (nSPS) is 24.4. The lowest BCUT2D eigenvalue weighted by Gasteiger charge is -2.41. The maximum absolute atomic E-state index is 13.3. The summed E-state index contributed by atoms with van der Waals surface area (Å²) in [6.07, 6.45) is 7.60. The minimum absolute atomic E-state index is 0.0892. The van der Waals surface area contributed by atoms with E-state index in [1.54, 1.807) is 11.8 Å². The number of amides is 1. The zero-order valence-corrected chi connectivity index (χ0v) is 20.1. The summed E-state index contributed by atoms with van der Waals surface area (Å²) in [5, 5.41) is 11.0. The number of aryl methyl sites for hydroxylation is 2. The average Bonchev–Trinajstić information content (AvgIpc) is 2.97. The van der Waals surface area contributed by atoms with Gasteiger partial charge in [0, 0.05) is 0 Å². The van der Waals surface area contributed by atoms with Gasteiger partial charge < -0.3 is 5.32 Å². The Morgan fingerprint density at radius 1 is 1.12 bits per heavy atom. The summed E-state index contributed by atoms with van der Waals surface area (Å²) in [7, 11) is 0. The highest BCUT2D eigenvalue weighted by atomic mass is 32.2. The first-order valence-corrected chi connectivity index (χ1v) is 12.5. The van der Waals surface area contributed by atoms with Crippen LogP contribution < -0.4 is 5.32 Å². The van der Waals surface area contributed by atoms with Crippen molar-refractivity contribution in [3.63, 3.8) is 0 Å². The van der Waals surface area contributed by atoms with Crippen molar-refractivity contribution in [2.45, 2.75) is 69.7 Å². The fraction of sp³-hybridized carbons (Fsp3) is 0.462. The number of hydrogen-bond acceptors (Lipinski definition) is 4. The number of nitrogens with one attached hydrogen (secondary N) is 1. The molecule has 2 aliphatic heterocycles. The summed E-state index contributed by atoms with van der Waals surface area (Å²) in [6, 6.07) is 11.9. The van der Waals surface area contributed by atoms with Crippen molar-refractivity contribution < 1.29 is 13.6 Å². The number of fused-ring (bicyclic) bond motifs is 2. The van der Waals surface area contributed by atoms with Gasteiger partial charge in [0.2, 0.25) is 0 Å². The lowest BCUT2D eigenvalue weighted by molar-refractivity contribution is -0.137. The Kier molecular flexibility index (Phi) is 7.49. The van der Waals surface area contributed by atoms with Crippen LogP contribution in [0.3, 0.4) is 0 Å². The number of hydrogen-bond donors (Lipinski definition) is 1. The zero-order chi connectivity index (χ0) is 23.4. The summed E-state index contributed by atoms with van der Waals surface area (Å²) in [4.78, 5) is 13.0. The molecule has 1 saturated heterocycles. The SMILES string of the molecule is CC1=NN(C(=O)C2CCCCCN2)C2(CCCc3ccccc32)S1.Cc1cc(F)ccc1F. The molecule has 3 aliphatic rings. The molecule has 1 aliphatic carbocycles. The van der Waals surface area contributed by atoms with E-state index in [9.17, 15) is 13.6 Å². The second kappa shape index (κ2) is 10.3. The van der Waals surface area contributed by atoms with Crippen molar-refractivity contribution in [3.05, 3.63) is 70.8 Å². The van der Waals surface area contributed by atoms with E-state index in [1.165, 1.54) is 24.5 Å². The number of thioether (sulfide) groups is 1. The van der Waals surface area contributed by atoms with E-state index in [0.29, 0.717) is 5.56 Å². The number of nitrogens with zero attached hydrogens (tertiary/aromatic N) is 2. The molecule has 0 saturated carbocycles. The smallest absolute Gasteiger partial charge is 0.261 e. The summed E-state index contributed by atoms with van der Waals surface area (Å²) in [5.74, 6) is -0.608. The molecule has 176 valence electrons. The molecule has 1 fully saturated rings. The van der Waals surface area contributed by atoms with Gasteiger partial charge in [-0.05, 0) is 87.4 Å². The first kappa shape index (κ1) is 23.9. The molecule has 2 aromatic carbocycles. The third-order valence-corrected chi connectivity index (χ3v) is 7.80. The molecule has 0 bridgehead atoms. The highest BCUT2D eigenvalue weighted by Gasteiger charge is 2.50. The van der Waals surface area contributed by atoms with Crippen LogP contribution in [0.1, 0.15) is 62.1 Å². The van der Waals surface area contributed by atoms with Gasteiger partial charge in [0.1, 0.15) is 16.5 Å². The summed E-state index contributed by atoms with van der Waals surface area (Å²) in [5.41, 5.74) is 2.99. The van der Waals surface area contributed by atoms with Crippen molar-refractivity contribution in [1.82, 2.24) is 10.3 Å². The number of halogens is 2. The van der Waals surface area contributed by atoms with Gasteiger partial charge >= 0.3 is 0 Å². The van der Waals surface area contributed by atoms with E-state index < -0.39 is 5.82 Å². The summed E-state index contributed by atoms with van der Waals surface area (Å²) < 4.78 is 24.5. The molecule has 1 N–H and O–H groups in total. The third-order valence-electron chi connectivity index (χ3n) is 6.49. The molecule has 1 amide bonds. The van der Waals surface area contributed by atoms with Crippen LogP contribution in [0.4, 0.5) is 8.78 Å². The van der Waals surface area contributed by atoms with Gasteiger partial charge in [-0.3, -0.25) is 4.79 Å². The molecule has 2 heterocycles. The maximum Gasteiger partial charge on any atom is 0.261 e. The Hall–Kier alpha value is -2.25. The van der Waals surface area contributed by atoms with E-state index in [4.69, 9.17) is 5.10 Å². The summed E-state index contributed by atoms with van der Waals surface area (Å²) in [6.45, 7) is 4.49. The molecular weight excluding hydrogens is 440 g/mol. The van der Waals surface area contributed by atoms with Gasteiger partial charge in [0.15, 0.2) is 0 Å². The Morgan fingerprint density at radius 2 is 1.94 bits per heavy atom. The van der Waals surface area contributed by atoms with Crippen LogP contribution in [0.25, 0.3) is 0 Å². The van der Waals surface area contributed by atoms with Crippen LogP contribution in [-0.2, 0) is 16.1 Å². The number of hydrazone groups is 1. The second-order valence-corrected chi connectivity index (χ2v) is 10.4. The van der Waals surface area contributed by atoms with Crippen LogP contribution in [0.15, 0.2) is 47.6 Å². The topological polar surface area (TPSA) is 44.7 Å². The molecule has 33 heavy (non-hydrogen) atoms. The average molecular weight is 472 g/mol. The Bertz CT molecular complexity index is 1040. The van der Waals surface area contributed by atoms with Crippen molar-refractivity contribution in [1.29, 1.82) is 0 Å². The van der Waals surface area contributed by atoms with Crippen molar-refractivity contribution in [2.24, 2.45) is 5.10 Å². The fourth-order valence-corrected chi connectivity index (χ4v) is 6.23. The van der Waals surface area contributed by atoms with Crippen molar-refractivity contribution >= 4 is 22.7 Å². The Balaban J connectivity index is 0.000000243. The van der Waals surface area contributed by atoms with E-state index in [2.05, 4.69) is 29.6 Å². The number of benzene rings is 2. The molecule has 2 atom stereocenters. The quantitative estimate of drug-likeness (QED) is 0.564. The number of rotatable bonds is 1. The van der Waals surface area contributed by atoms with Gasteiger partial charge in [-0.1, -0.05) is 48.9 Å². The zero-order valence-electron chi connectivity index (χ0n) is 19.2. The second-order valence-electron chi connectivity index (χ2n) is 8.92. The largest absolute Gasteiger partial charge is 0.306 e. The first-order valence-electron chi connectivity index (χ1n) is 11.7. The van der Waals surface area contributed by atoms with Gasteiger partial charge in [0.05, 0.1) is 11.1 Å². The van der Waals surface area contributed by atoms with E-state index in [0.717, 1.165) is 68.3 Å². The lowest BCUT2D eigenvalue weighted by atomic mass is 9.86. The van der Waals surface area contributed by atoms with Crippen molar-refractivity contribution in [2.75, 3.05) is 6.54 Å². The van der Waals surface area contributed by atoms with E-state index >= 15 is 0 Å². The van der Waals surface area contributed by atoms with Crippen LogP contribution in [0.2, 0.25) is 0 Å². The maximum atomic E-state index is 13.3. The minimum atomic E-state index is -0.395. The lowest BCUT2D eigenvalue weighted by Crippen LogP contribution is -2.51. The van der Waals surface area contributed by atoms with Crippen molar-refractivity contribution in [3.8, 4) is 0 Å². The van der Waals surface area contributed by atoms with Crippen LogP contribution in [0, 0.1) is 18.6 Å². The standard InChI is InChI=1S/C19H25N3OS.C7H6F2/c1-14-21-22(18(23)17-11-3-2-6-13-20-17)19(24-14)12-7-9-15-8-4-5-10-16(15)19;1-5-4-6(8)2-3-7(5)9/h4-5,8,10,17,20H,2-3,6-7,9,11-13H2,1H3;2-4H,1H3. The van der Waals surface area contributed by atoms with Gasteiger partial charge in [0.25, 0.3) is 5.91 Å². The molecule has 4 nitrogen and oxygen atoms in total. The van der Waals surface area contributed by atoms with Crippen LogP contribution >= 0.6 is 11.8 Å². The third kappa shape index (κ3) is 5.14. The molecular formula is C26H31F2N3OS. The number of carbonyl (C=O) groups excluding carboxylic acids is 1.